The molecule has 1 aliphatic rings. The number of nitrogens with one attached hydrogen (secondary N) is 1. The summed E-state index contributed by atoms with van der Waals surface area (Å²) in [4.78, 5) is 26.0. The third kappa shape index (κ3) is 4.00. The van der Waals surface area contributed by atoms with Crippen molar-refractivity contribution in [3.63, 3.8) is 0 Å². The lowest BCUT2D eigenvalue weighted by molar-refractivity contribution is -0.142. The summed E-state index contributed by atoms with van der Waals surface area (Å²) >= 11 is 0. The molecule has 0 saturated carbocycles. The summed E-state index contributed by atoms with van der Waals surface area (Å²) in [5.74, 6) is 0.218. The predicted octanol–water partition coefficient (Wildman–Crippen LogP) is 1.80. The Balaban J connectivity index is 2.56. The fourth-order valence-electron chi connectivity index (χ4n) is 2.24. The molecular formula is C14H26N2O2. The van der Waals surface area contributed by atoms with Crippen LogP contribution >= 0.6 is 0 Å². The maximum Gasteiger partial charge on any atom is 0.227 e. The lowest BCUT2D eigenvalue weighted by atomic mass is 9.91. The molecule has 0 aromatic rings. The first-order valence-corrected chi connectivity index (χ1v) is 6.93. The first kappa shape index (κ1) is 15.0. The minimum Gasteiger partial charge on any atom is -0.356 e. The summed E-state index contributed by atoms with van der Waals surface area (Å²) in [6.45, 7) is 9.90. The summed E-state index contributed by atoms with van der Waals surface area (Å²) in [5.41, 5.74) is -0.359. The van der Waals surface area contributed by atoms with E-state index in [1.165, 1.54) is 0 Å². The van der Waals surface area contributed by atoms with Gasteiger partial charge in [0.1, 0.15) is 0 Å². The molecule has 1 rings (SSSR count). The van der Waals surface area contributed by atoms with Crippen molar-refractivity contribution in [2.45, 2.75) is 47.0 Å². The Morgan fingerprint density at radius 3 is 2.56 bits per heavy atom. The van der Waals surface area contributed by atoms with Crippen LogP contribution in [0.25, 0.3) is 0 Å². The van der Waals surface area contributed by atoms with E-state index < -0.39 is 0 Å². The predicted molar refractivity (Wildman–Crippen MR) is 72.1 cm³/mol. The van der Waals surface area contributed by atoms with Gasteiger partial charge in [0.05, 0.1) is 5.92 Å². The van der Waals surface area contributed by atoms with Crippen molar-refractivity contribution in [2.24, 2.45) is 11.3 Å². The highest BCUT2D eigenvalue weighted by atomic mass is 16.2. The van der Waals surface area contributed by atoms with E-state index in [9.17, 15) is 9.59 Å². The lowest BCUT2D eigenvalue weighted by Gasteiger charge is -2.35. The van der Waals surface area contributed by atoms with Gasteiger partial charge in [-0.05, 0) is 19.3 Å². The molecular weight excluding hydrogens is 228 g/mol. The van der Waals surface area contributed by atoms with Crippen LogP contribution in [0.1, 0.15) is 47.0 Å². The monoisotopic (exact) mass is 254 g/mol. The molecule has 4 heteroatoms. The number of hydrogen-bond donors (Lipinski definition) is 1. The normalized spacial score (nSPS) is 20.7. The number of amides is 2. The molecule has 0 bridgehead atoms. The van der Waals surface area contributed by atoms with Crippen LogP contribution < -0.4 is 5.32 Å². The number of piperidine rings is 1. The zero-order valence-corrected chi connectivity index (χ0v) is 12.1. The molecule has 1 N–H and O–H groups in total. The van der Waals surface area contributed by atoms with Crippen LogP contribution in [0.3, 0.4) is 0 Å². The molecule has 0 aromatic carbocycles. The highest BCUT2D eigenvalue weighted by Crippen LogP contribution is 2.23. The van der Waals surface area contributed by atoms with Crippen LogP contribution in [0, 0.1) is 11.3 Å². The molecule has 1 heterocycles. The quantitative estimate of drug-likeness (QED) is 0.835. The Kier molecular flexibility index (Phi) is 5.17. The van der Waals surface area contributed by atoms with Crippen molar-refractivity contribution in [3.05, 3.63) is 0 Å². The average molecular weight is 254 g/mol. The number of nitrogens with zero attached hydrogens (tertiary/aromatic N) is 1. The summed E-state index contributed by atoms with van der Waals surface area (Å²) in [7, 11) is 0. The van der Waals surface area contributed by atoms with Crippen LogP contribution in [0.4, 0.5) is 0 Å². The maximum absolute atomic E-state index is 12.2. The van der Waals surface area contributed by atoms with Crippen molar-refractivity contribution >= 4 is 11.8 Å². The van der Waals surface area contributed by atoms with E-state index in [4.69, 9.17) is 0 Å². The fourth-order valence-corrected chi connectivity index (χ4v) is 2.24. The second-order valence-electron chi connectivity index (χ2n) is 6.13. The van der Waals surface area contributed by atoms with Gasteiger partial charge in [0.25, 0.3) is 0 Å². The van der Waals surface area contributed by atoms with Crippen molar-refractivity contribution in [2.75, 3.05) is 19.6 Å². The number of rotatable bonds is 3. The fraction of sp³-hybridized carbons (Fsp3) is 0.857. The second-order valence-corrected chi connectivity index (χ2v) is 6.13. The first-order chi connectivity index (χ1) is 8.36. The molecule has 0 aromatic heterocycles. The Hall–Kier alpha value is -1.06. The molecule has 104 valence electrons. The average Bonchev–Trinajstić information content (AvgIpc) is 2.34. The van der Waals surface area contributed by atoms with Gasteiger partial charge in [-0.1, -0.05) is 27.7 Å². The van der Waals surface area contributed by atoms with Crippen LogP contribution in [-0.4, -0.2) is 36.3 Å². The maximum atomic E-state index is 12.2. The van der Waals surface area contributed by atoms with E-state index in [2.05, 4.69) is 5.32 Å². The molecule has 1 aliphatic heterocycles. The van der Waals surface area contributed by atoms with Crippen LogP contribution in [0.5, 0.6) is 0 Å². The summed E-state index contributed by atoms with van der Waals surface area (Å²) < 4.78 is 0. The van der Waals surface area contributed by atoms with E-state index >= 15 is 0 Å². The van der Waals surface area contributed by atoms with E-state index in [-0.39, 0.29) is 23.1 Å². The Morgan fingerprint density at radius 1 is 1.33 bits per heavy atom. The molecule has 0 aliphatic carbocycles. The number of carbonyl (C=O) groups is 2. The van der Waals surface area contributed by atoms with Gasteiger partial charge in [-0.2, -0.15) is 0 Å². The standard InChI is InChI=1S/C14H26N2O2/c1-5-8-15-12(17)11-7-6-9-16(10-11)13(18)14(2,3)4/h11H,5-10H2,1-4H3,(H,15,17)/t11-/m0/s1. The van der Waals surface area contributed by atoms with Gasteiger partial charge in [-0.15, -0.1) is 0 Å². The molecule has 1 saturated heterocycles. The topological polar surface area (TPSA) is 49.4 Å². The summed E-state index contributed by atoms with van der Waals surface area (Å²) in [5, 5.41) is 2.92. The first-order valence-electron chi connectivity index (χ1n) is 6.93. The van der Waals surface area contributed by atoms with Gasteiger partial charge in [0.2, 0.25) is 11.8 Å². The second kappa shape index (κ2) is 6.21. The largest absolute Gasteiger partial charge is 0.356 e. The number of likely N-dealkylation sites (tertiary alicyclic amines) is 1. The zero-order chi connectivity index (χ0) is 13.8. The highest BCUT2D eigenvalue weighted by molar-refractivity contribution is 5.83. The number of hydrogen-bond acceptors (Lipinski definition) is 2. The van der Waals surface area contributed by atoms with Crippen LogP contribution in [-0.2, 0) is 9.59 Å². The zero-order valence-electron chi connectivity index (χ0n) is 12.1. The van der Waals surface area contributed by atoms with E-state index in [0.717, 1.165) is 32.4 Å². The molecule has 0 spiro atoms. The summed E-state index contributed by atoms with van der Waals surface area (Å²) in [6, 6.07) is 0. The third-order valence-corrected chi connectivity index (χ3v) is 3.27. The van der Waals surface area contributed by atoms with Gasteiger partial charge in [0.15, 0.2) is 0 Å². The Bertz CT molecular complexity index is 307. The van der Waals surface area contributed by atoms with Gasteiger partial charge in [0, 0.05) is 25.0 Å². The number of carbonyl (C=O) groups excluding carboxylic acids is 2. The minimum atomic E-state index is -0.359. The third-order valence-electron chi connectivity index (χ3n) is 3.27. The van der Waals surface area contributed by atoms with Gasteiger partial charge < -0.3 is 10.2 Å². The van der Waals surface area contributed by atoms with E-state index in [1.807, 2.05) is 32.6 Å². The minimum absolute atomic E-state index is 0.0309. The Morgan fingerprint density at radius 2 is 2.00 bits per heavy atom. The molecule has 0 radical (unpaired) electrons. The molecule has 0 unspecified atom stereocenters. The molecule has 1 atom stereocenters. The highest BCUT2D eigenvalue weighted by Gasteiger charge is 2.33. The van der Waals surface area contributed by atoms with Crippen LogP contribution in [0.2, 0.25) is 0 Å². The molecule has 1 fully saturated rings. The Labute approximate surface area is 110 Å². The van der Waals surface area contributed by atoms with Crippen molar-refractivity contribution < 1.29 is 9.59 Å². The smallest absolute Gasteiger partial charge is 0.227 e. The molecule has 18 heavy (non-hydrogen) atoms. The van der Waals surface area contributed by atoms with E-state index in [1.54, 1.807) is 0 Å². The lowest BCUT2D eigenvalue weighted by Crippen LogP contribution is -2.48. The van der Waals surface area contributed by atoms with Crippen molar-refractivity contribution in [1.29, 1.82) is 0 Å². The van der Waals surface area contributed by atoms with Crippen molar-refractivity contribution in [3.8, 4) is 0 Å². The SMILES string of the molecule is CCCNC(=O)[C@H]1CCCN(C(=O)C(C)(C)C)C1. The van der Waals surface area contributed by atoms with Gasteiger partial charge >= 0.3 is 0 Å². The van der Waals surface area contributed by atoms with Gasteiger partial charge in [-0.25, -0.2) is 0 Å². The van der Waals surface area contributed by atoms with E-state index in [0.29, 0.717) is 6.54 Å². The molecule has 4 nitrogen and oxygen atoms in total. The summed E-state index contributed by atoms with van der Waals surface area (Å²) in [6.07, 6.45) is 2.76. The van der Waals surface area contributed by atoms with Crippen LogP contribution in [0.15, 0.2) is 0 Å². The van der Waals surface area contributed by atoms with Crippen molar-refractivity contribution in [1.82, 2.24) is 10.2 Å². The van der Waals surface area contributed by atoms with Gasteiger partial charge in [-0.3, -0.25) is 9.59 Å². The molecule has 2 amide bonds.